The molecule has 0 saturated carbocycles. The van der Waals surface area contributed by atoms with Crippen LogP contribution in [0.2, 0.25) is 0 Å². The fourth-order valence-electron chi connectivity index (χ4n) is 3.18. The molecule has 1 N–H and O–H groups in total. The van der Waals surface area contributed by atoms with Crippen molar-refractivity contribution < 1.29 is 19.0 Å². The number of para-hydroxylation sites is 2. The van der Waals surface area contributed by atoms with Crippen molar-refractivity contribution in [3.05, 3.63) is 53.9 Å². The highest BCUT2D eigenvalue weighted by Gasteiger charge is 2.10. The van der Waals surface area contributed by atoms with Crippen molar-refractivity contribution in [1.82, 2.24) is 14.9 Å². The Labute approximate surface area is 169 Å². The van der Waals surface area contributed by atoms with Gasteiger partial charge in [0.05, 0.1) is 32.4 Å². The van der Waals surface area contributed by atoms with Crippen LogP contribution in [-0.2, 0) is 11.3 Å². The summed E-state index contributed by atoms with van der Waals surface area (Å²) in [4.78, 5) is 16.8. The van der Waals surface area contributed by atoms with Gasteiger partial charge >= 0.3 is 0 Å². The SMILES string of the molecule is COc1cc(OC)c(OC)cc1/C=C/C(=O)NCCn1c(C)nc2ccccc21. The average Bonchev–Trinajstić information content (AvgIpc) is 3.06. The van der Waals surface area contributed by atoms with E-state index in [0.717, 1.165) is 22.4 Å². The first kappa shape index (κ1) is 20.3. The average molecular weight is 395 g/mol. The number of aryl methyl sites for hydroxylation is 1. The summed E-state index contributed by atoms with van der Waals surface area (Å²) in [5.74, 6) is 2.45. The first-order chi connectivity index (χ1) is 14.1. The minimum absolute atomic E-state index is 0.191. The second-order valence-electron chi connectivity index (χ2n) is 6.37. The summed E-state index contributed by atoms with van der Waals surface area (Å²) in [7, 11) is 4.69. The molecule has 3 rings (SSSR count). The fourth-order valence-corrected chi connectivity index (χ4v) is 3.18. The standard InChI is InChI=1S/C22H25N3O4/c1-15-24-17-7-5-6-8-18(17)25(15)12-11-23-22(26)10-9-16-13-20(28-3)21(29-4)14-19(16)27-2/h5-10,13-14H,11-12H2,1-4H3,(H,23,26)/b10-9+. The van der Waals surface area contributed by atoms with Gasteiger partial charge in [0.15, 0.2) is 11.5 Å². The van der Waals surface area contributed by atoms with Gasteiger partial charge < -0.3 is 24.1 Å². The Kier molecular flexibility index (Phi) is 6.39. The number of ether oxygens (including phenoxy) is 3. The Balaban J connectivity index is 1.65. The lowest BCUT2D eigenvalue weighted by Crippen LogP contribution is -2.25. The summed E-state index contributed by atoms with van der Waals surface area (Å²) >= 11 is 0. The number of rotatable bonds is 8. The van der Waals surface area contributed by atoms with E-state index < -0.39 is 0 Å². The maximum absolute atomic E-state index is 12.3. The van der Waals surface area contributed by atoms with Gasteiger partial charge in [-0.1, -0.05) is 12.1 Å². The molecule has 1 heterocycles. The van der Waals surface area contributed by atoms with E-state index in [9.17, 15) is 4.79 Å². The number of carbonyl (C=O) groups excluding carboxylic acids is 1. The molecule has 29 heavy (non-hydrogen) atoms. The zero-order chi connectivity index (χ0) is 20.8. The molecule has 0 bridgehead atoms. The highest BCUT2D eigenvalue weighted by atomic mass is 16.5. The molecule has 0 aliphatic carbocycles. The second-order valence-corrected chi connectivity index (χ2v) is 6.37. The number of hydrogen-bond acceptors (Lipinski definition) is 5. The molecule has 2 aromatic carbocycles. The van der Waals surface area contributed by atoms with Crippen molar-refractivity contribution in [1.29, 1.82) is 0 Å². The molecule has 1 aromatic heterocycles. The third-order valence-electron chi connectivity index (χ3n) is 4.63. The normalized spacial score (nSPS) is 11.0. The van der Waals surface area contributed by atoms with Crippen LogP contribution >= 0.6 is 0 Å². The summed E-state index contributed by atoms with van der Waals surface area (Å²) in [6.07, 6.45) is 3.16. The molecule has 0 fully saturated rings. The van der Waals surface area contributed by atoms with Gasteiger partial charge in [-0.2, -0.15) is 0 Å². The van der Waals surface area contributed by atoms with Gasteiger partial charge in [-0.05, 0) is 31.2 Å². The molecule has 1 amide bonds. The summed E-state index contributed by atoms with van der Waals surface area (Å²) < 4.78 is 18.1. The molecule has 0 unspecified atom stereocenters. The van der Waals surface area contributed by atoms with Gasteiger partial charge in [0.2, 0.25) is 5.91 Å². The molecule has 0 saturated heterocycles. The van der Waals surface area contributed by atoms with Crippen LogP contribution in [0.4, 0.5) is 0 Å². The van der Waals surface area contributed by atoms with E-state index in [2.05, 4.69) is 14.9 Å². The summed E-state index contributed by atoms with van der Waals surface area (Å²) in [5.41, 5.74) is 2.73. The summed E-state index contributed by atoms with van der Waals surface area (Å²) in [6, 6.07) is 11.5. The quantitative estimate of drug-likeness (QED) is 0.593. The van der Waals surface area contributed by atoms with E-state index in [1.54, 1.807) is 39.5 Å². The van der Waals surface area contributed by atoms with Gasteiger partial charge in [0.25, 0.3) is 0 Å². The minimum Gasteiger partial charge on any atom is -0.496 e. The van der Waals surface area contributed by atoms with E-state index in [0.29, 0.717) is 30.3 Å². The lowest BCUT2D eigenvalue weighted by atomic mass is 10.1. The number of imidazole rings is 1. The van der Waals surface area contributed by atoms with Gasteiger partial charge in [-0.15, -0.1) is 0 Å². The largest absolute Gasteiger partial charge is 0.496 e. The molecule has 0 aliphatic heterocycles. The van der Waals surface area contributed by atoms with Crippen LogP contribution in [-0.4, -0.2) is 43.3 Å². The number of aromatic nitrogens is 2. The first-order valence-electron chi connectivity index (χ1n) is 9.25. The maximum atomic E-state index is 12.3. The van der Waals surface area contributed by atoms with E-state index in [-0.39, 0.29) is 5.91 Å². The van der Waals surface area contributed by atoms with E-state index in [4.69, 9.17) is 14.2 Å². The smallest absolute Gasteiger partial charge is 0.244 e. The van der Waals surface area contributed by atoms with E-state index in [1.807, 2.05) is 31.2 Å². The summed E-state index contributed by atoms with van der Waals surface area (Å²) in [6.45, 7) is 3.10. The number of nitrogens with one attached hydrogen (secondary N) is 1. The van der Waals surface area contributed by atoms with E-state index in [1.165, 1.54) is 6.08 Å². The van der Waals surface area contributed by atoms with Crippen LogP contribution in [0.25, 0.3) is 17.1 Å². The number of hydrogen-bond donors (Lipinski definition) is 1. The topological polar surface area (TPSA) is 74.6 Å². The van der Waals surface area contributed by atoms with Crippen LogP contribution in [0.1, 0.15) is 11.4 Å². The number of carbonyl (C=O) groups is 1. The van der Waals surface area contributed by atoms with Gasteiger partial charge in [-0.3, -0.25) is 4.79 Å². The van der Waals surface area contributed by atoms with Crippen LogP contribution < -0.4 is 19.5 Å². The summed E-state index contributed by atoms with van der Waals surface area (Å²) in [5, 5.41) is 2.90. The van der Waals surface area contributed by atoms with Crippen molar-refractivity contribution in [2.75, 3.05) is 27.9 Å². The molecule has 0 radical (unpaired) electrons. The fraction of sp³-hybridized carbons (Fsp3) is 0.273. The number of benzene rings is 2. The number of nitrogens with zero attached hydrogens (tertiary/aromatic N) is 2. The molecular weight excluding hydrogens is 370 g/mol. The van der Waals surface area contributed by atoms with Crippen LogP contribution in [0.15, 0.2) is 42.5 Å². The number of fused-ring (bicyclic) bond motifs is 1. The lowest BCUT2D eigenvalue weighted by molar-refractivity contribution is -0.116. The molecule has 0 atom stereocenters. The van der Waals surface area contributed by atoms with Crippen LogP contribution in [0, 0.1) is 6.92 Å². The third kappa shape index (κ3) is 4.51. The van der Waals surface area contributed by atoms with Crippen molar-refractivity contribution in [3.8, 4) is 17.2 Å². The van der Waals surface area contributed by atoms with Crippen molar-refractivity contribution in [2.24, 2.45) is 0 Å². The van der Waals surface area contributed by atoms with Crippen LogP contribution in [0.5, 0.6) is 17.2 Å². The predicted octanol–water partition coefficient (Wildman–Crippen LogP) is 3.20. The molecule has 0 aliphatic rings. The molecular formula is C22H25N3O4. The van der Waals surface area contributed by atoms with Crippen molar-refractivity contribution >= 4 is 23.0 Å². The van der Waals surface area contributed by atoms with Gasteiger partial charge in [0, 0.05) is 30.8 Å². The molecule has 7 nitrogen and oxygen atoms in total. The second kappa shape index (κ2) is 9.14. The van der Waals surface area contributed by atoms with Gasteiger partial charge in [-0.25, -0.2) is 4.98 Å². The van der Waals surface area contributed by atoms with Crippen molar-refractivity contribution in [3.63, 3.8) is 0 Å². The van der Waals surface area contributed by atoms with Gasteiger partial charge in [0.1, 0.15) is 11.6 Å². The Morgan fingerprint density at radius 3 is 2.48 bits per heavy atom. The number of methoxy groups -OCH3 is 3. The number of amides is 1. The predicted molar refractivity (Wildman–Crippen MR) is 113 cm³/mol. The van der Waals surface area contributed by atoms with Crippen molar-refractivity contribution in [2.45, 2.75) is 13.5 Å². The Morgan fingerprint density at radius 1 is 1.07 bits per heavy atom. The highest BCUT2D eigenvalue weighted by molar-refractivity contribution is 5.92. The zero-order valence-corrected chi connectivity index (χ0v) is 17.1. The Hall–Kier alpha value is -3.48. The monoisotopic (exact) mass is 395 g/mol. The molecule has 152 valence electrons. The third-order valence-corrected chi connectivity index (χ3v) is 4.63. The Bertz CT molecular complexity index is 1040. The lowest BCUT2D eigenvalue weighted by Gasteiger charge is -2.12. The highest BCUT2D eigenvalue weighted by Crippen LogP contribution is 2.35. The zero-order valence-electron chi connectivity index (χ0n) is 17.1. The molecule has 0 spiro atoms. The van der Waals surface area contributed by atoms with E-state index >= 15 is 0 Å². The Morgan fingerprint density at radius 2 is 1.76 bits per heavy atom. The first-order valence-corrected chi connectivity index (χ1v) is 9.25. The molecule has 3 aromatic rings. The maximum Gasteiger partial charge on any atom is 0.244 e. The van der Waals surface area contributed by atoms with Crippen LogP contribution in [0.3, 0.4) is 0 Å². The molecule has 7 heteroatoms. The minimum atomic E-state index is -0.191.